The van der Waals surface area contributed by atoms with Crippen LogP contribution in [0.25, 0.3) is 0 Å². The van der Waals surface area contributed by atoms with E-state index in [1.54, 1.807) is 0 Å². The zero-order chi connectivity index (χ0) is 12.8. The van der Waals surface area contributed by atoms with Crippen molar-refractivity contribution >= 4 is 0 Å². The van der Waals surface area contributed by atoms with E-state index in [-0.39, 0.29) is 0 Å². The highest BCUT2D eigenvalue weighted by atomic mass is 15.2. The molecule has 102 valence electrons. The maximum atomic E-state index is 5.92. The summed E-state index contributed by atoms with van der Waals surface area (Å²) in [5.41, 5.74) is 5.92. The first-order chi connectivity index (χ1) is 7.99. The van der Waals surface area contributed by atoms with E-state index >= 15 is 0 Å². The number of nitrogens with two attached hydrogens (primary N) is 1. The quantitative estimate of drug-likeness (QED) is 0.769. The van der Waals surface area contributed by atoms with Crippen molar-refractivity contribution in [3.05, 3.63) is 0 Å². The summed E-state index contributed by atoms with van der Waals surface area (Å²) in [6.45, 7) is 11.7. The predicted octanol–water partition coefficient (Wildman–Crippen LogP) is 1.78. The minimum absolute atomic E-state index is 0.448. The van der Waals surface area contributed by atoms with Crippen LogP contribution in [0.3, 0.4) is 0 Å². The van der Waals surface area contributed by atoms with Crippen LogP contribution in [0.1, 0.15) is 40.0 Å². The van der Waals surface area contributed by atoms with E-state index < -0.39 is 0 Å². The molecule has 0 spiro atoms. The van der Waals surface area contributed by atoms with Gasteiger partial charge in [-0.3, -0.25) is 0 Å². The highest BCUT2D eigenvalue weighted by Gasteiger charge is 2.17. The Morgan fingerprint density at radius 1 is 1.24 bits per heavy atom. The Morgan fingerprint density at radius 2 is 1.82 bits per heavy atom. The third-order valence-electron chi connectivity index (χ3n) is 3.97. The molecule has 0 aromatic rings. The molecule has 0 aromatic carbocycles. The van der Waals surface area contributed by atoms with Gasteiger partial charge >= 0.3 is 0 Å². The number of hydrogen-bond donors (Lipinski definition) is 1. The van der Waals surface area contributed by atoms with Crippen LogP contribution < -0.4 is 5.73 Å². The topological polar surface area (TPSA) is 32.5 Å². The first kappa shape index (κ1) is 14.9. The van der Waals surface area contributed by atoms with Gasteiger partial charge in [-0.05, 0) is 52.2 Å². The summed E-state index contributed by atoms with van der Waals surface area (Å²) in [7, 11) is 2.25. The van der Waals surface area contributed by atoms with Crippen molar-refractivity contribution in [2.45, 2.75) is 52.1 Å². The summed E-state index contributed by atoms with van der Waals surface area (Å²) in [4.78, 5) is 5.05. The van der Waals surface area contributed by atoms with Gasteiger partial charge in [-0.1, -0.05) is 13.8 Å². The molecule has 0 saturated carbocycles. The molecule has 1 atom stereocenters. The van der Waals surface area contributed by atoms with Crippen molar-refractivity contribution in [1.82, 2.24) is 9.80 Å². The molecular formula is C14H31N3. The van der Waals surface area contributed by atoms with Gasteiger partial charge < -0.3 is 15.5 Å². The Morgan fingerprint density at radius 3 is 2.35 bits per heavy atom. The molecule has 1 fully saturated rings. The number of nitrogens with zero attached hydrogens (tertiary/aromatic N) is 2. The minimum Gasteiger partial charge on any atom is -0.328 e. The third-order valence-corrected chi connectivity index (χ3v) is 3.97. The molecular weight excluding hydrogens is 210 g/mol. The Bertz CT molecular complexity index is 198. The van der Waals surface area contributed by atoms with Gasteiger partial charge in [0.15, 0.2) is 0 Å². The largest absolute Gasteiger partial charge is 0.328 e. The number of likely N-dealkylation sites (N-methyl/N-ethyl adjacent to an activating group) is 1. The van der Waals surface area contributed by atoms with Crippen molar-refractivity contribution in [2.24, 2.45) is 11.7 Å². The van der Waals surface area contributed by atoms with Crippen LogP contribution in [0.15, 0.2) is 0 Å². The van der Waals surface area contributed by atoms with E-state index in [2.05, 4.69) is 37.6 Å². The van der Waals surface area contributed by atoms with Gasteiger partial charge in [0.2, 0.25) is 0 Å². The van der Waals surface area contributed by atoms with Gasteiger partial charge in [-0.25, -0.2) is 0 Å². The lowest BCUT2D eigenvalue weighted by Crippen LogP contribution is -2.44. The normalized spacial score (nSPS) is 21.4. The van der Waals surface area contributed by atoms with E-state index in [1.165, 1.54) is 45.4 Å². The van der Waals surface area contributed by atoms with Gasteiger partial charge in [0, 0.05) is 25.2 Å². The average Bonchev–Trinajstić information content (AvgIpc) is 2.27. The summed E-state index contributed by atoms with van der Waals surface area (Å²) in [5.74, 6) is 0.792. The Labute approximate surface area is 107 Å². The number of rotatable bonds is 6. The molecule has 1 aliphatic rings. The number of piperidine rings is 1. The van der Waals surface area contributed by atoms with Gasteiger partial charge in [0.25, 0.3) is 0 Å². The highest BCUT2D eigenvalue weighted by molar-refractivity contribution is 4.75. The van der Waals surface area contributed by atoms with Gasteiger partial charge in [0.05, 0.1) is 0 Å². The number of likely N-dealkylation sites (tertiary alicyclic amines) is 1. The maximum absolute atomic E-state index is 5.92. The first-order valence-electron chi connectivity index (χ1n) is 7.17. The monoisotopic (exact) mass is 241 g/mol. The summed E-state index contributed by atoms with van der Waals surface area (Å²) in [6, 6.07) is 1.14. The maximum Gasteiger partial charge on any atom is 0.0109 e. The molecule has 1 unspecified atom stereocenters. The zero-order valence-electron chi connectivity index (χ0n) is 12.2. The van der Waals surface area contributed by atoms with Crippen LogP contribution in [0.5, 0.6) is 0 Å². The fraction of sp³-hybridized carbons (Fsp3) is 1.00. The van der Waals surface area contributed by atoms with Gasteiger partial charge in [-0.2, -0.15) is 0 Å². The molecule has 1 rings (SSSR count). The second-order valence-corrected chi connectivity index (χ2v) is 6.14. The van der Waals surface area contributed by atoms with Crippen molar-refractivity contribution in [1.29, 1.82) is 0 Å². The van der Waals surface area contributed by atoms with Crippen molar-refractivity contribution in [2.75, 3.05) is 33.2 Å². The van der Waals surface area contributed by atoms with Crippen LogP contribution in [0.2, 0.25) is 0 Å². The molecule has 1 saturated heterocycles. The van der Waals surface area contributed by atoms with E-state index in [0.29, 0.717) is 12.1 Å². The molecule has 17 heavy (non-hydrogen) atoms. The molecule has 1 heterocycles. The molecule has 0 radical (unpaired) electrons. The second-order valence-electron chi connectivity index (χ2n) is 6.14. The van der Waals surface area contributed by atoms with E-state index in [1.807, 2.05) is 0 Å². The fourth-order valence-electron chi connectivity index (χ4n) is 2.56. The van der Waals surface area contributed by atoms with Crippen LogP contribution in [0, 0.1) is 5.92 Å². The van der Waals surface area contributed by atoms with E-state index in [4.69, 9.17) is 5.73 Å². The van der Waals surface area contributed by atoms with Gasteiger partial charge in [-0.15, -0.1) is 0 Å². The summed E-state index contributed by atoms with van der Waals surface area (Å²) < 4.78 is 0. The lowest BCUT2D eigenvalue weighted by molar-refractivity contribution is 0.160. The summed E-state index contributed by atoms with van der Waals surface area (Å²) in [5, 5.41) is 0. The molecule has 1 aliphatic heterocycles. The number of hydrogen-bond acceptors (Lipinski definition) is 3. The Hall–Kier alpha value is -0.120. The lowest BCUT2D eigenvalue weighted by Gasteiger charge is -2.33. The zero-order valence-corrected chi connectivity index (χ0v) is 12.2. The fourth-order valence-corrected chi connectivity index (χ4v) is 2.56. The van der Waals surface area contributed by atoms with Crippen molar-refractivity contribution in [3.8, 4) is 0 Å². The van der Waals surface area contributed by atoms with Crippen molar-refractivity contribution < 1.29 is 0 Å². The minimum atomic E-state index is 0.448. The van der Waals surface area contributed by atoms with Crippen molar-refractivity contribution in [3.63, 3.8) is 0 Å². The lowest BCUT2D eigenvalue weighted by atomic mass is 10.0. The molecule has 0 aliphatic carbocycles. The SMILES string of the molecule is CC(C)CC(C)N(C)CCN1CCC(N)CC1. The van der Waals surface area contributed by atoms with E-state index in [0.717, 1.165) is 5.92 Å². The molecule has 0 amide bonds. The predicted molar refractivity (Wildman–Crippen MR) is 75.2 cm³/mol. The van der Waals surface area contributed by atoms with Gasteiger partial charge in [0.1, 0.15) is 0 Å². The molecule has 0 aromatic heterocycles. The first-order valence-corrected chi connectivity index (χ1v) is 7.17. The second kappa shape index (κ2) is 7.34. The van der Waals surface area contributed by atoms with Crippen LogP contribution in [-0.2, 0) is 0 Å². The Balaban J connectivity index is 2.16. The summed E-state index contributed by atoms with van der Waals surface area (Å²) >= 11 is 0. The molecule has 0 bridgehead atoms. The van der Waals surface area contributed by atoms with Crippen LogP contribution in [-0.4, -0.2) is 55.1 Å². The molecule has 3 heteroatoms. The third kappa shape index (κ3) is 5.84. The molecule has 2 N–H and O–H groups in total. The standard InChI is InChI=1S/C14H31N3/c1-12(2)11-13(3)16(4)9-10-17-7-5-14(15)6-8-17/h12-14H,5-11,15H2,1-4H3. The molecule has 3 nitrogen and oxygen atoms in total. The Kier molecular flexibility index (Phi) is 6.45. The van der Waals surface area contributed by atoms with E-state index in [9.17, 15) is 0 Å². The smallest absolute Gasteiger partial charge is 0.0109 e. The summed E-state index contributed by atoms with van der Waals surface area (Å²) in [6.07, 6.45) is 3.64. The van der Waals surface area contributed by atoms with Crippen LogP contribution in [0.4, 0.5) is 0 Å². The highest BCUT2D eigenvalue weighted by Crippen LogP contribution is 2.11. The average molecular weight is 241 g/mol. The van der Waals surface area contributed by atoms with Crippen LogP contribution >= 0.6 is 0 Å².